The van der Waals surface area contributed by atoms with Crippen molar-refractivity contribution in [1.29, 1.82) is 0 Å². The minimum Gasteiger partial charge on any atom is -0.351 e. The van der Waals surface area contributed by atoms with Gasteiger partial charge in [-0.3, -0.25) is 4.79 Å². The van der Waals surface area contributed by atoms with Crippen LogP contribution < -0.4 is 11.1 Å². The molecule has 0 saturated heterocycles. The molecule has 0 unspecified atom stereocenters. The number of hydrogen-bond donors (Lipinski definition) is 2. The molecule has 0 heterocycles. The van der Waals surface area contributed by atoms with Gasteiger partial charge in [-0.2, -0.15) is 0 Å². The Morgan fingerprint density at radius 1 is 1.64 bits per heavy atom. The van der Waals surface area contributed by atoms with Crippen molar-refractivity contribution in [2.75, 3.05) is 6.54 Å². The van der Waals surface area contributed by atoms with Crippen LogP contribution in [0, 0.1) is 0 Å². The summed E-state index contributed by atoms with van der Waals surface area (Å²) in [4.78, 5) is 11.1. The Bertz CT molecular complexity index is 152. The lowest BCUT2D eigenvalue weighted by atomic mass is 10.2. The molecule has 3 nitrogen and oxygen atoms in total. The van der Waals surface area contributed by atoms with Gasteiger partial charge in [0.1, 0.15) is 0 Å². The highest BCUT2D eigenvalue weighted by molar-refractivity contribution is 5.77. The van der Waals surface area contributed by atoms with E-state index in [4.69, 9.17) is 5.73 Å². The summed E-state index contributed by atoms with van der Waals surface area (Å²) in [5.41, 5.74) is 5.41. The topological polar surface area (TPSA) is 55.1 Å². The largest absolute Gasteiger partial charge is 0.351 e. The molecule has 0 aromatic rings. The molecule has 1 saturated carbocycles. The second kappa shape index (κ2) is 3.22. The smallest absolute Gasteiger partial charge is 0.220 e. The zero-order valence-electron chi connectivity index (χ0n) is 7.02. The summed E-state index contributed by atoms with van der Waals surface area (Å²) >= 11 is 0. The zero-order valence-corrected chi connectivity index (χ0v) is 7.02. The molecule has 0 bridgehead atoms. The van der Waals surface area contributed by atoms with E-state index >= 15 is 0 Å². The number of carbonyl (C=O) groups excluding carboxylic acids is 1. The van der Waals surface area contributed by atoms with Gasteiger partial charge >= 0.3 is 0 Å². The van der Waals surface area contributed by atoms with Crippen LogP contribution in [0.3, 0.4) is 0 Å². The van der Waals surface area contributed by atoms with Crippen LogP contribution >= 0.6 is 0 Å². The summed E-state index contributed by atoms with van der Waals surface area (Å²) in [7, 11) is 0. The normalized spacial score (nSPS) is 19.5. The van der Waals surface area contributed by atoms with Crippen molar-refractivity contribution in [3.05, 3.63) is 0 Å². The van der Waals surface area contributed by atoms with Crippen molar-refractivity contribution >= 4 is 5.91 Å². The van der Waals surface area contributed by atoms with Crippen LogP contribution in [-0.2, 0) is 4.79 Å². The summed E-state index contributed by atoms with van der Waals surface area (Å²) in [6.45, 7) is 2.68. The van der Waals surface area contributed by atoms with Crippen molar-refractivity contribution in [3.63, 3.8) is 0 Å². The minimum absolute atomic E-state index is 0.131. The Balaban J connectivity index is 2.11. The second-order valence-electron chi connectivity index (χ2n) is 3.50. The molecule has 0 aromatic heterocycles. The molecule has 1 aliphatic carbocycles. The SMILES string of the molecule is CC1(NC(=O)CCCN)CC1. The van der Waals surface area contributed by atoms with E-state index < -0.39 is 0 Å². The van der Waals surface area contributed by atoms with Crippen LogP contribution in [0.4, 0.5) is 0 Å². The van der Waals surface area contributed by atoms with Crippen LogP contribution in [0.25, 0.3) is 0 Å². The van der Waals surface area contributed by atoms with Crippen molar-refractivity contribution in [3.8, 4) is 0 Å². The van der Waals surface area contributed by atoms with Gasteiger partial charge in [-0.25, -0.2) is 0 Å². The quantitative estimate of drug-likeness (QED) is 0.618. The van der Waals surface area contributed by atoms with Gasteiger partial charge in [-0.1, -0.05) is 0 Å². The Labute approximate surface area is 67.3 Å². The molecule has 0 spiro atoms. The van der Waals surface area contributed by atoms with Crippen LogP contribution in [0.5, 0.6) is 0 Å². The maximum Gasteiger partial charge on any atom is 0.220 e. The molecular formula is C8H16N2O. The molecule has 0 atom stereocenters. The molecule has 3 N–H and O–H groups in total. The number of nitrogens with two attached hydrogens (primary N) is 1. The van der Waals surface area contributed by atoms with Crippen molar-refractivity contribution in [2.45, 2.75) is 38.1 Å². The van der Waals surface area contributed by atoms with Crippen LogP contribution in [-0.4, -0.2) is 18.0 Å². The van der Waals surface area contributed by atoms with E-state index in [2.05, 4.69) is 12.2 Å². The average Bonchev–Trinajstić information content (AvgIpc) is 2.63. The van der Waals surface area contributed by atoms with E-state index in [0.29, 0.717) is 13.0 Å². The monoisotopic (exact) mass is 156 g/mol. The fourth-order valence-corrected chi connectivity index (χ4v) is 0.974. The lowest BCUT2D eigenvalue weighted by Gasteiger charge is -2.10. The molecule has 1 aliphatic rings. The van der Waals surface area contributed by atoms with Crippen LogP contribution in [0.1, 0.15) is 32.6 Å². The predicted octanol–water partition coefficient (Wildman–Crippen LogP) is 0.394. The van der Waals surface area contributed by atoms with E-state index in [1.165, 1.54) is 0 Å². The Hall–Kier alpha value is -0.570. The summed E-state index contributed by atoms with van der Waals surface area (Å²) in [6.07, 6.45) is 3.62. The minimum atomic E-state index is 0.131. The first kappa shape index (κ1) is 8.53. The van der Waals surface area contributed by atoms with Gasteiger partial charge in [-0.15, -0.1) is 0 Å². The van der Waals surface area contributed by atoms with Crippen molar-refractivity contribution in [2.24, 2.45) is 5.73 Å². The molecular weight excluding hydrogens is 140 g/mol. The van der Waals surface area contributed by atoms with Crippen molar-refractivity contribution in [1.82, 2.24) is 5.32 Å². The summed E-state index contributed by atoms with van der Waals surface area (Å²) in [5, 5.41) is 2.97. The molecule has 1 fully saturated rings. The highest BCUT2D eigenvalue weighted by Crippen LogP contribution is 2.34. The first-order valence-corrected chi connectivity index (χ1v) is 4.17. The van der Waals surface area contributed by atoms with E-state index in [-0.39, 0.29) is 11.4 Å². The Morgan fingerprint density at radius 3 is 2.73 bits per heavy atom. The predicted molar refractivity (Wildman–Crippen MR) is 44.1 cm³/mol. The fraction of sp³-hybridized carbons (Fsp3) is 0.875. The molecule has 0 aromatic carbocycles. The summed E-state index contributed by atoms with van der Waals surface area (Å²) in [5.74, 6) is 0.149. The zero-order chi connectivity index (χ0) is 8.32. The molecule has 0 aliphatic heterocycles. The van der Waals surface area contributed by atoms with E-state index in [0.717, 1.165) is 19.3 Å². The van der Waals surface area contributed by atoms with Gasteiger partial charge < -0.3 is 11.1 Å². The standard InChI is InChI=1S/C8H16N2O/c1-8(4-5-8)10-7(11)3-2-6-9/h2-6,9H2,1H3,(H,10,11). The van der Waals surface area contributed by atoms with E-state index in [1.807, 2.05) is 0 Å². The highest BCUT2D eigenvalue weighted by atomic mass is 16.1. The number of rotatable bonds is 4. The first-order chi connectivity index (χ1) is 5.16. The second-order valence-corrected chi connectivity index (χ2v) is 3.50. The third kappa shape index (κ3) is 2.89. The number of carbonyl (C=O) groups is 1. The van der Waals surface area contributed by atoms with Crippen LogP contribution in [0.2, 0.25) is 0 Å². The molecule has 64 valence electrons. The Morgan fingerprint density at radius 2 is 2.27 bits per heavy atom. The Kier molecular flexibility index (Phi) is 2.49. The lowest BCUT2D eigenvalue weighted by Crippen LogP contribution is -2.34. The highest BCUT2D eigenvalue weighted by Gasteiger charge is 2.38. The maximum atomic E-state index is 11.1. The van der Waals surface area contributed by atoms with Gasteiger partial charge in [0.2, 0.25) is 5.91 Å². The maximum absolute atomic E-state index is 11.1. The van der Waals surface area contributed by atoms with Gasteiger partial charge in [-0.05, 0) is 32.7 Å². The van der Waals surface area contributed by atoms with Crippen LogP contribution in [0.15, 0.2) is 0 Å². The number of hydrogen-bond acceptors (Lipinski definition) is 2. The van der Waals surface area contributed by atoms with Gasteiger partial charge in [0, 0.05) is 12.0 Å². The van der Waals surface area contributed by atoms with E-state index in [9.17, 15) is 4.79 Å². The van der Waals surface area contributed by atoms with E-state index in [1.54, 1.807) is 0 Å². The number of amides is 1. The lowest BCUT2D eigenvalue weighted by molar-refractivity contribution is -0.121. The summed E-state index contributed by atoms with van der Waals surface area (Å²) in [6, 6.07) is 0. The van der Waals surface area contributed by atoms with Gasteiger partial charge in [0.05, 0.1) is 0 Å². The molecule has 1 amide bonds. The van der Waals surface area contributed by atoms with Gasteiger partial charge in [0.15, 0.2) is 0 Å². The third-order valence-electron chi connectivity index (χ3n) is 2.05. The average molecular weight is 156 g/mol. The molecule has 0 radical (unpaired) electrons. The first-order valence-electron chi connectivity index (χ1n) is 4.17. The number of nitrogens with one attached hydrogen (secondary N) is 1. The van der Waals surface area contributed by atoms with Gasteiger partial charge in [0.25, 0.3) is 0 Å². The molecule has 3 heteroatoms. The third-order valence-corrected chi connectivity index (χ3v) is 2.05. The molecule has 1 rings (SSSR count). The summed E-state index contributed by atoms with van der Waals surface area (Å²) < 4.78 is 0. The fourth-order valence-electron chi connectivity index (χ4n) is 0.974. The van der Waals surface area contributed by atoms with Crippen molar-refractivity contribution < 1.29 is 4.79 Å². The molecule has 11 heavy (non-hydrogen) atoms.